The molecule has 0 aliphatic carbocycles. The summed E-state index contributed by atoms with van der Waals surface area (Å²) in [7, 11) is 1.68. The van der Waals surface area contributed by atoms with Gasteiger partial charge in [-0.3, -0.25) is 9.48 Å². The van der Waals surface area contributed by atoms with Gasteiger partial charge < -0.3 is 10.8 Å². The topological polar surface area (TPSA) is 94.0 Å². The number of carbonyl (C=O) groups is 1. The predicted octanol–water partition coefficient (Wildman–Crippen LogP) is -0.586. The van der Waals surface area contributed by atoms with Gasteiger partial charge in [-0.1, -0.05) is 0 Å². The zero-order valence-corrected chi connectivity index (χ0v) is 6.69. The van der Waals surface area contributed by atoms with Gasteiger partial charge in [0.2, 0.25) is 5.95 Å². The van der Waals surface area contributed by atoms with Crippen LogP contribution >= 0.6 is 0 Å². The fourth-order valence-electron chi connectivity index (χ4n) is 0.875. The van der Waals surface area contributed by atoms with E-state index in [9.17, 15) is 4.79 Å². The molecule has 0 bridgehead atoms. The lowest BCUT2D eigenvalue weighted by atomic mass is 10.3. The van der Waals surface area contributed by atoms with Crippen LogP contribution in [0.25, 0.3) is 0 Å². The van der Waals surface area contributed by atoms with Crippen LogP contribution in [0.5, 0.6) is 0 Å². The minimum absolute atomic E-state index is 0.0476. The Bertz CT molecular complexity index is 294. The lowest BCUT2D eigenvalue weighted by Crippen LogP contribution is -2.03. The molecule has 1 heterocycles. The standard InChI is InChI=1S/C6H10N4O2/c1-10-4(2-3-5(11)12)8-6(7)9-10/h2-3H2,1H3,(H2,7,9)(H,11,12). The third-order valence-corrected chi connectivity index (χ3v) is 1.43. The van der Waals surface area contributed by atoms with Gasteiger partial charge in [-0.05, 0) is 0 Å². The van der Waals surface area contributed by atoms with E-state index < -0.39 is 5.97 Å². The molecule has 1 aromatic heterocycles. The highest BCUT2D eigenvalue weighted by Crippen LogP contribution is 2.00. The molecule has 6 nitrogen and oxygen atoms in total. The molecule has 0 aromatic carbocycles. The minimum atomic E-state index is -0.850. The highest BCUT2D eigenvalue weighted by molar-refractivity contribution is 5.66. The lowest BCUT2D eigenvalue weighted by Gasteiger charge is -1.94. The van der Waals surface area contributed by atoms with Gasteiger partial charge in [0.25, 0.3) is 0 Å². The maximum Gasteiger partial charge on any atom is 0.303 e. The Labute approximate surface area is 69.0 Å². The van der Waals surface area contributed by atoms with Gasteiger partial charge in [0.1, 0.15) is 5.82 Å². The molecule has 0 aliphatic heterocycles. The van der Waals surface area contributed by atoms with Crippen molar-refractivity contribution in [1.29, 1.82) is 0 Å². The van der Waals surface area contributed by atoms with E-state index in [4.69, 9.17) is 10.8 Å². The molecule has 0 aliphatic rings. The van der Waals surface area contributed by atoms with Gasteiger partial charge in [-0.15, -0.1) is 5.10 Å². The second-order valence-corrected chi connectivity index (χ2v) is 2.40. The number of carboxylic acid groups (broad SMARTS) is 1. The van der Waals surface area contributed by atoms with Crippen LogP contribution in [0, 0.1) is 0 Å². The first kappa shape index (κ1) is 8.51. The normalized spacial score (nSPS) is 10.1. The molecule has 0 unspecified atom stereocenters. The van der Waals surface area contributed by atoms with Gasteiger partial charge in [0.15, 0.2) is 0 Å². The summed E-state index contributed by atoms with van der Waals surface area (Å²) in [6.45, 7) is 0. The summed E-state index contributed by atoms with van der Waals surface area (Å²) in [5.74, 6) is -0.0793. The number of aryl methyl sites for hydroxylation is 2. The number of nitrogens with two attached hydrogens (primary N) is 1. The first-order chi connectivity index (χ1) is 5.59. The molecular weight excluding hydrogens is 160 g/mol. The van der Waals surface area contributed by atoms with E-state index in [1.807, 2.05) is 0 Å². The Morgan fingerprint density at radius 1 is 1.75 bits per heavy atom. The number of nitrogens with zero attached hydrogens (tertiary/aromatic N) is 3. The van der Waals surface area contributed by atoms with Crippen LogP contribution in [0.1, 0.15) is 12.2 Å². The molecule has 0 saturated heterocycles. The van der Waals surface area contributed by atoms with Crippen molar-refractivity contribution in [3.63, 3.8) is 0 Å². The molecule has 3 N–H and O–H groups in total. The summed E-state index contributed by atoms with van der Waals surface area (Å²) in [6, 6.07) is 0. The number of nitrogen functional groups attached to an aromatic ring is 1. The minimum Gasteiger partial charge on any atom is -0.481 e. The zero-order valence-electron chi connectivity index (χ0n) is 6.69. The molecule has 0 fully saturated rings. The second kappa shape index (κ2) is 3.21. The summed E-state index contributed by atoms with van der Waals surface area (Å²) in [5, 5.41) is 12.2. The lowest BCUT2D eigenvalue weighted by molar-refractivity contribution is -0.137. The predicted molar refractivity (Wildman–Crippen MR) is 41.4 cm³/mol. The van der Waals surface area contributed by atoms with Crippen LogP contribution in [0.15, 0.2) is 0 Å². The first-order valence-corrected chi connectivity index (χ1v) is 3.47. The number of aliphatic carboxylic acids is 1. The van der Waals surface area contributed by atoms with Crippen molar-refractivity contribution in [2.24, 2.45) is 7.05 Å². The molecule has 6 heteroatoms. The Morgan fingerprint density at radius 3 is 2.83 bits per heavy atom. The molecule has 1 aromatic rings. The van der Waals surface area contributed by atoms with Gasteiger partial charge in [0, 0.05) is 13.5 Å². The van der Waals surface area contributed by atoms with Gasteiger partial charge in [0.05, 0.1) is 6.42 Å². The van der Waals surface area contributed by atoms with Crippen LogP contribution in [0.4, 0.5) is 5.95 Å². The van der Waals surface area contributed by atoms with E-state index >= 15 is 0 Å². The van der Waals surface area contributed by atoms with Crippen molar-refractivity contribution in [2.45, 2.75) is 12.8 Å². The summed E-state index contributed by atoms with van der Waals surface area (Å²) in [6.07, 6.45) is 0.405. The van der Waals surface area contributed by atoms with Crippen molar-refractivity contribution in [2.75, 3.05) is 5.73 Å². The molecule has 0 atom stereocenters. The van der Waals surface area contributed by atoms with Gasteiger partial charge >= 0.3 is 5.97 Å². The van der Waals surface area contributed by atoms with Crippen LogP contribution in [0.2, 0.25) is 0 Å². The van der Waals surface area contributed by atoms with E-state index in [1.54, 1.807) is 7.05 Å². The molecule has 0 amide bonds. The molecular formula is C6H10N4O2. The smallest absolute Gasteiger partial charge is 0.303 e. The van der Waals surface area contributed by atoms with E-state index in [1.165, 1.54) is 4.68 Å². The Hall–Kier alpha value is -1.59. The Morgan fingerprint density at radius 2 is 2.42 bits per heavy atom. The second-order valence-electron chi connectivity index (χ2n) is 2.40. The van der Waals surface area contributed by atoms with Crippen LogP contribution < -0.4 is 5.73 Å². The van der Waals surface area contributed by atoms with Crippen LogP contribution in [-0.2, 0) is 18.3 Å². The van der Waals surface area contributed by atoms with Crippen molar-refractivity contribution in [1.82, 2.24) is 14.8 Å². The van der Waals surface area contributed by atoms with Gasteiger partial charge in [-0.2, -0.15) is 4.98 Å². The quantitative estimate of drug-likeness (QED) is 0.632. The fraction of sp³-hybridized carbons (Fsp3) is 0.500. The summed E-state index contributed by atoms with van der Waals surface area (Å²) in [4.78, 5) is 14.1. The number of hydrogen-bond acceptors (Lipinski definition) is 4. The number of rotatable bonds is 3. The molecule has 0 saturated carbocycles. The molecule has 0 radical (unpaired) electrons. The number of anilines is 1. The molecule has 66 valence electrons. The molecule has 0 spiro atoms. The van der Waals surface area contributed by atoms with Crippen molar-refractivity contribution in [3.8, 4) is 0 Å². The average Bonchev–Trinajstić information content (AvgIpc) is 2.26. The van der Waals surface area contributed by atoms with Crippen molar-refractivity contribution in [3.05, 3.63) is 5.82 Å². The van der Waals surface area contributed by atoms with Crippen molar-refractivity contribution >= 4 is 11.9 Å². The molecule has 1 rings (SSSR count). The Balaban J connectivity index is 2.62. The highest BCUT2D eigenvalue weighted by atomic mass is 16.4. The number of carboxylic acids is 1. The summed E-state index contributed by atoms with van der Waals surface area (Å²) in [5.41, 5.74) is 5.30. The van der Waals surface area contributed by atoms with Crippen LogP contribution in [0.3, 0.4) is 0 Å². The van der Waals surface area contributed by atoms with E-state index in [0.29, 0.717) is 12.2 Å². The maximum absolute atomic E-state index is 10.2. The largest absolute Gasteiger partial charge is 0.481 e. The third-order valence-electron chi connectivity index (χ3n) is 1.43. The zero-order chi connectivity index (χ0) is 9.14. The fourth-order valence-corrected chi connectivity index (χ4v) is 0.875. The average molecular weight is 170 g/mol. The number of aromatic nitrogens is 3. The SMILES string of the molecule is Cn1nc(N)nc1CCC(=O)O. The molecule has 12 heavy (non-hydrogen) atoms. The third kappa shape index (κ3) is 1.94. The van der Waals surface area contributed by atoms with E-state index in [0.717, 1.165) is 0 Å². The van der Waals surface area contributed by atoms with Gasteiger partial charge in [-0.25, -0.2) is 0 Å². The monoisotopic (exact) mass is 170 g/mol. The summed E-state index contributed by atoms with van der Waals surface area (Å²) >= 11 is 0. The maximum atomic E-state index is 10.2. The van der Waals surface area contributed by atoms with Crippen molar-refractivity contribution < 1.29 is 9.90 Å². The van der Waals surface area contributed by atoms with E-state index in [-0.39, 0.29) is 12.4 Å². The van der Waals surface area contributed by atoms with Crippen LogP contribution in [-0.4, -0.2) is 25.8 Å². The Kier molecular flexibility index (Phi) is 2.27. The van der Waals surface area contributed by atoms with E-state index in [2.05, 4.69) is 10.1 Å². The highest BCUT2D eigenvalue weighted by Gasteiger charge is 2.06. The number of hydrogen-bond donors (Lipinski definition) is 2. The summed E-state index contributed by atoms with van der Waals surface area (Å²) < 4.78 is 1.48. The first-order valence-electron chi connectivity index (χ1n) is 3.47.